The maximum absolute atomic E-state index is 11.8. The molecule has 1 heterocycles. The van der Waals surface area contributed by atoms with E-state index in [0.717, 1.165) is 5.75 Å². The van der Waals surface area contributed by atoms with Crippen LogP contribution in [-0.4, -0.2) is 40.7 Å². The van der Waals surface area contributed by atoms with Gasteiger partial charge < -0.3 is 10.4 Å². The Hall–Kier alpha value is -1.51. The molecule has 0 radical (unpaired) electrons. The second-order valence-corrected chi connectivity index (χ2v) is 4.63. The Balaban J connectivity index is 2.64. The molecular formula is C13H16N2O2S. The van der Waals surface area contributed by atoms with E-state index in [1.807, 2.05) is 13.2 Å². The van der Waals surface area contributed by atoms with E-state index in [2.05, 4.69) is 22.1 Å². The van der Waals surface area contributed by atoms with Crippen molar-refractivity contribution in [3.05, 3.63) is 29.6 Å². The summed E-state index contributed by atoms with van der Waals surface area (Å²) in [5, 5.41) is 11.4. The van der Waals surface area contributed by atoms with Crippen molar-refractivity contribution in [3.63, 3.8) is 0 Å². The topological polar surface area (TPSA) is 62.2 Å². The molecule has 0 saturated carbocycles. The van der Waals surface area contributed by atoms with Gasteiger partial charge in [-0.05, 0) is 25.3 Å². The van der Waals surface area contributed by atoms with E-state index in [1.54, 1.807) is 23.9 Å². The highest BCUT2D eigenvalue weighted by molar-refractivity contribution is 7.98. The predicted octanol–water partition coefficient (Wildman–Crippen LogP) is 0.907. The van der Waals surface area contributed by atoms with Crippen LogP contribution in [0.3, 0.4) is 0 Å². The van der Waals surface area contributed by atoms with Crippen LogP contribution in [0.4, 0.5) is 0 Å². The van der Waals surface area contributed by atoms with Gasteiger partial charge in [-0.2, -0.15) is 11.8 Å². The van der Waals surface area contributed by atoms with Gasteiger partial charge in [0.15, 0.2) is 0 Å². The van der Waals surface area contributed by atoms with Crippen molar-refractivity contribution in [3.8, 4) is 11.8 Å². The number of hydrogen-bond donors (Lipinski definition) is 2. The zero-order valence-corrected chi connectivity index (χ0v) is 11.3. The van der Waals surface area contributed by atoms with Crippen LogP contribution >= 0.6 is 11.8 Å². The molecule has 5 heteroatoms. The number of amides is 1. The van der Waals surface area contributed by atoms with E-state index in [4.69, 9.17) is 5.11 Å². The maximum Gasteiger partial charge on any atom is 0.270 e. The van der Waals surface area contributed by atoms with Gasteiger partial charge in [-0.1, -0.05) is 11.8 Å². The largest absolute Gasteiger partial charge is 0.384 e. The lowest BCUT2D eigenvalue weighted by atomic mass is 10.2. The molecule has 0 fully saturated rings. The standard InChI is InChI=1S/C13H16N2O2S/c1-10(9-18-2)15-13(17)12-6-5-11(8-14-12)4-3-7-16/h5-6,8,10,16H,7,9H2,1-2H3,(H,15,17). The number of carbonyl (C=O) groups excluding carboxylic acids is 1. The highest BCUT2D eigenvalue weighted by Gasteiger charge is 2.10. The summed E-state index contributed by atoms with van der Waals surface area (Å²) in [4.78, 5) is 15.8. The average Bonchev–Trinajstić information content (AvgIpc) is 2.37. The molecule has 0 aliphatic rings. The van der Waals surface area contributed by atoms with E-state index in [9.17, 15) is 4.79 Å². The normalized spacial score (nSPS) is 11.3. The number of hydrogen-bond acceptors (Lipinski definition) is 4. The van der Waals surface area contributed by atoms with Crippen LogP contribution in [0.15, 0.2) is 18.3 Å². The van der Waals surface area contributed by atoms with E-state index >= 15 is 0 Å². The molecule has 1 amide bonds. The number of rotatable bonds is 4. The fourth-order valence-electron chi connectivity index (χ4n) is 1.33. The Morgan fingerprint density at radius 1 is 1.61 bits per heavy atom. The summed E-state index contributed by atoms with van der Waals surface area (Å²) >= 11 is 1.68. The molecule has 2 N–H and O–H groups in total. The number of pyridine rings is 1. The minimum absolute atomic E-state index is 0.114. The molecule has 0 aliphatic carbocycles. The van der Waals surface area contributed by atoms with Crippen molar-refractivity contribution >= 4 is 17.7 Å². The fraction of sp³-hybridized carbons (Fsp3) is 0.385. The van der Waals surface area contributed by atoms with Gasteiger partial charge in [0.2, 0.25) is 0 Å². The van der Waals surface area contributed by atoms with E-state index in [1.165, 1.54) is 6.20 Å². The molecule has 1 atom stereocenters. The van der Waals surface area contributed by atoms with Gasteiger partial charge >= 0.3 is 0 Å². The molecule has 18 heavy (non-hydrogen) atoms. The summed E-state index contributed by atoms with van der Waals surface area (Å²) in [6.07, 6.45) is 3.52. The predicted molar refractivity (Wildman–Crippen MR) is 73.5 cm³/mol. The number of aliphatic hydroxyl groups excluding tert-OH is 1. The van der Waals surface area contributed by atoms with Crippen molar-refractivity contribution in [1.29, 1.82) is 0 Å². The second kappa shape index (κ2) is 7.75. The van der Waals surface area contributed by atoms with Gasteiger partial charge in [0.05, 0.1) is 0 Å². The van der Waals surface area contributed by atoms with E-state index < -0.39 is 0 Å². The van der Waals surface area contributed by atoms with Gasteiger partial charge in [0.25, 0.3) is 5.91 Å². The summed E-state index contributed by atoms with van der Waals surface area (Å²) in [7, 11) is 0. The van der Waals surface area contributed by atoms with Crippen molar-refractivity contribution in [2.75, 3.05) is 18.6 Å². The first-order valence-corrected chi connectivity index (χ1v) is 6.92. The highest BCUT2D eigenvalue weighted by atomic mass is 32.2. The molecular weight excluding hydrogens is 248 g/mol. The van der Waals surface area contributed by atoms with E-state index in [0.29, 0.717) is 11.3 Å². The van der Waals surface area contributed by atoms with Crippen LogP contribution in [0, 0.1) is 11.8 Å². The lowest BCUT2D eigenvalue weighted by Gasteiger charge is -2.11. The Labute approximate surface area is 111 Å². The molecule has 1 rings (SSSR count). The Bertz CT molecular complexity index is 448. The maximum atomic E-state index is 11.8. The van der Waals surface area contributed by atoms with Crippen molar-refractivity contribution in [1.82, 2.24) is 10.3 Å². The van der Waals surface area contributed by atoms with Gasteiger partial charge in [0.1, 0.15) is 12.3 Å². The van der Waals surface area contributed by atoms with Gasteiger partial charge in [0, 0.05) is 23.6 Å². The van der Waals surface area contributed by atoms with Crippen molar-refractivity contribution < 1.29 is 9.90 Å². The van der Waals surface area contributed by atoms with Crippen LogP contribution in [0.2, 0.25) is 0 Å². The van der Waals surface area contributed by atoms with Gasteiger partial charge in [-0.15, -0.1) is 0 Å². The molecule has 1 unspecified atom stereocenters. The number of nitrogens with one attached hydrogen (secondary N) is 1. The summed E-state index contributed by atoms with van der Waals surface area (Å²) in [6, 6.07) is 3.45. The third kappa shape index (κ3) is 4.78. The van der Waals surface area contributed by atoms with E-state index in [-0.39, 0.29) is 18.6 Å². The zero-order valence-electron chi connectivity index (χ0n) is 10.4. The number of aliphatic hydroxyl groups is 1. The molecule has 0 spiro atoms. The molecule has 1 aromatic rings. The quantitative estimate of drug-likeness (QED) is 0.793. The zero-order chi connectivity index (χ0) is 13.4. The summed E-state index contributed by atoms with van der Waals surface area (Å²) < 4.78 is 0. The first-order valence-electron chi connectivity index (χ1n) is 5.53. The van der Waals surface area contributed by atoms with Crippen LogP contribution in [-0.2, 0) is 0 Å². The smallest absolute Gasteiger partial charge is 0.270 e. The monoisotopic (exact) mass is 264 g/mol. The van der Waals surface area contributed by atoms with Gasteiger partial charge in [-0.25, -0.2) is 4.98 Å². The van der Waals surface area contributed by atoms with Crippen LogP contribution in [0.25, 0.3) is 0 Å². The minimum atomic E-state index is -0.186. The number of nitrogens with zero attached hydrogens (tertiary/aromatic N) is 1. The van der Waals surface area contributed by atoms with Crippen LogP contribution < -0.4 is 5.32 Å². The van der Waals surface area contributed by atoms with Gasteiger partial charge in [-0.3, -0.25) is 4.79 Å². The molecule has 0 bridgehead atoms. The highest BCUT2D eigenvalue weighted by Crippen LogP contribution is 2.01. The number of carbonyl (C=O) groups is 1. The van der Waals surface area contributed by atoms with Crippen molar-refractivity contribution in [2.45, 2.75) is 13.0 Å². The summed E-state index contributed by atoms with van der Waals surface area (Å²) in [5.74, 6) is 5.93. The molecule has 0 aliphatic heterocycles. The molecule has 0 saturated heterocycles. The van der Waals surface area contributed by atoms with Crippen molar-refractivity contribution in [2.24, 2.45) is 0 Å². The lowest BCUT2D eigenvalue weighted by Crippen LogP contribution is -2.34. The molecule has 4 nitrogen and oxygen atoms in total. The SMILES string of the molecule is CSCC(C)NC(=O)c1ccc(C#CCO)cn1. The first-order chi connectivity index (χ1) is 8.67. The molecule has 96 valence electrons. The summed E-state index contributed by atoms with van der Waals surface area (Å²) in [5.41, 5.74) is 1.05. The Morgan fingerprint density at radius 2 is 2.39 bits per heavy atom. The van der Waals surface area contributed by atoms with Crippen LogP contribution in [0.1, 0.15) is 23.0 Å². The van der Waals surface area contributed by atoms with Crippen LogP contribution in [0.5, 0.6) is 0 Å². The average molecular weight is 264 g/mol. The second-order valence-electron chi connectivity index (χ2n) is 3.72. The number of aromatic nitrogens is 1. The molecule has 1 aromatic heterocycles. The third-order valence-electron chi connectivity index (χ3n) is 2.10. The Kier molecular flexibility index (Phi) is 6.26. The minimum Gasteiger partial charge on any atom is -0.384 e. The first kappa shape index (κ1) is 14.6. The summed E-state index contributed by atoms with van der Waals surface area (Å²) in [6.45, 7) is 1.77. The number of thioether (sulfide) groups is 1. The molecule has 0 aromatic carbocycles. The lowest BCUT2D eigenvalue weighted by molar-refractivity contribution is 0.0939. The Morgan fingerprint density at radius 3 is 2.94 bits per heavy atom. The third-order valence-corrected chi connectivity index (χ3v) is 2.94. The fourth-order valence-corrected chi connectivity index (χ4v) is 1.92.